The van der Waals surface area contributed by atoms with Crippen molar-refractivity contribution in [1.82, 2.24) is 0 Å². The quantitative estimate of drug-likeness (QED) is 0.342. The van der Waals surface area contributed by atoms with Crippen LogP contribution in [0.1, 0.15) is 73.8 Å². The third kappa shape index (κ3) is 9.32. The van der Waals surface area contributed by atoms with Crippen LogP contribution in [0.5, 0.6) is 11.5 Å². The molecule has 0 saturated heterocycles. The molecule has 0 aromatic heterocycles. The van der Waals surface area contributed by atoms with E-state index in [2.05, 4.69) is 0 Å². The molecule has 196 valence electrons. The van der Waals surface area contributed by atoms with Crippen molar-refractivity contribution in [2.24, 2.45) is 16.6 Å². The molecular formula is C26H39NO8. The molecule has 0 amide bonds. The maximum Gasteiger partial charge on any atom is 0.323 e. The summed E-state index contributed by atoms with van der Waals surface area (Å²) in [6.07, 6.45) is 0.593. The van der Waals surface area contributed by atoms with E-state index in [0.29, 0.717) is 18.4 Å². The highest BCUT2D eigenvalue weighted by atomic mass is 16.6. The van der Waals surface area contributed by atoms with Crippen LogP contribution >= 0.6 is 0 Å². The third-order valence-corrected chi connectivity index (χ3v) is 5.87. The number of carbonyl (C=O) groups excluding carboxylic acids is 4. The van der Waals surface area contributed by atoms with Gasteiger partial charge in [0.05, 0.1) is 10.8 Å². The minimum atomic E-state index is -1.01. The minimum Gasteiger partial charge on any atom is -0.461 e. The first-order chi connectivity index (χ1) is 16.1. The van der Waals surface area contributed by atoms with Crippen molar-refractivity contribution in [2.45, 2.75) is 86.8 Å². The zero-order valence-electron chi connectivity index (χ0n) is 22.1. The summed E-state index contributed by atoms with van der Waals surface area (Å²) in [6, 6.07) is 3.67. The summed E-state index contributed by atoms with van der Waals surface area (Å²) in [5.74, 6) is -1.91. The van der Waals surface area contributed by atoms with Crippen molar-refractivity contribution in [2.75, 3.05) is 6.61 Å². The van der Waals surface area contributed by atoms with Crippen LogP contribution in [0.2, 0.25) is 0 Å². The highest BCUT2D eigenvalue weighted by Crippen LogP contribution is 2.34. The van der Waals surface area contributed by atoms with Crippen molar-refractivity contribution >= 4 is 23.9 Å². The normalized spacial score (nSPS) is 13.4. The summed E-state index contributed by atoms with van der Waals surface area (Å²) >= 11 is 0. The number of carbonyl (C=O) groups is 4. The zero-order valence-corrected chi connectivity index (χ0v) is 22.1. The molecular weight excluding hydrogens is 454 g/mol. The summed E-state index contributed by atoms with van der Waals surface area (Å²) < 4.78 is 21.2. The van der Waals surface area contributed by atoms with Crippen molar-refractivity contribution in [3.8, 4) is 11.5 Å². The van der Waals surface area contributed by atoms with Gasteiger partial charge in [0.25, 0.3) is 0 Å². The summed E-state index contributed by atoms with van der Waals surface area (Å²) in [4.78, 5) is 48.6. The Hall–Kier alpha value is -2.94. The molecule has 0 radical (unpaired) electrons. The van der Waals surface area contributed by atoms with Crippen LogP contribution in [0.25, 0.3) is 0 Å². The van der Waals surface area contributed by atoms with Gasteiger partial charge in [0, 0.05) is 6.92 Å². The predicted octanol–water partition coefficient (Wildman–Crippen LogP) is 3.73. The van der Waals surface area contributed by atoms with E-state index in [9.17, 15) is 19.2 Å². The number of rotatable bonds is 12. The Morgan fingerprint density at radius 3 is 1.91 bits per heavy atom. The highest BCUT2D eigenvalue weighted by Gasteiger charge is 2.31. The lowest BCUT2D eigenvalue weighted by molar-refractivity contribution is -0.157. The number of hydrogen-bond donors (Lipinski definition) is 1. The lowest BCUT2D eigenvalue weighted by Gasteiger charge is -2.23. The Morgan fingerprint density at radius 2 is 1.43 bits per heavy atom. The van der Waals surface area contributed by atoms with Gasteiger partial charge in [0.2, 0.25) is 0 Å². The summed E-state index contributed by atoms with van der Waals surface area (Å²) in [7, 11) is 0. The van der Waals surface area contributed by atoms with Crippen molar-refractivity contribution < 1.29 is 38.1 Å². The van der Waals surface area contributed by atoms with Crippen molar-refractivity contribution in [3.63, 3.8) is 0 Å². The first-order valence-electron chi connectivity index (χ1n) is 11.8. The van der Waals surface area contributed by atoms with Crippen LogP contribution < -0.4 is 15.2 Å². The lowest BCUT2D eigenvalue weighted by Crippen LogP contribution is -2.36. The summed E-state index contributed by atoms with van der Waals surface area (Å²) in [5, 5.41) is 0. The molecule has 9 heteroatoms. The van der Waals surface area contributed by atoms with Gasteiger partial charge in [0.1, 0.15) is 18.8 Å². The van der Waals surface area contributed by atoms with E-state index < -0.39 is 46.9 Å². The molecule has 0 heterocycles. The SMILES string of the molecule is CCC(C)(C)C(=O)Oc1ccc(C[C@H](N)C(=O)OC[C@H](C)OC(C)=O)cc1OC(=O)C(C)(C)CC. The Morgan fingerprint density at radius 1 is 0.914 bits per heavy atom. The summed E-state index contributed by atoms with van der Waals surface area (Å²) in [5.41, 5.74) is 5.10. The van der Waals surface area contributed by atoms with E-state index in [0.717, 1.165) is 0 Å². The van der Waals surface area contributed by atoms with Crippen molar-refractivity contribution in [3.05, 3.63) is 23.8 Å². The fraction of sp³-hybridized carbons (Fsp3) is 0.615. The Bertz CT molecular complexity index is 922. The molecule has 9 nitrogen and oxygen atoms in total. The number of hydrogen-bond acceptors (Lipinski definition) is 9. The molecule has 0 bridgehead atoms. The fourth-order valence-corrected chi connectivity index (χ4v) is 2.57. The van der Waals surface area contributed by atoms with Gasteiger partial charge in [0.15, 0.2) is 11.5 Å². The average molecular weight is 494 g/mol. The molecule has 0 aliphatic carbocycles. The maximum atomic E-state index is 12.7. The second-order valence-corrected chi connectivity index (χ2v) is 9.90. The molecule has 0 aliphatic heterocycles. The largest absolute Gasteiger partial charge is 0.461 e. The third-order valence-electron chi connectivity index (χ3n) is 5.87. The first-order valence-corrected chi connectivity index (χ1v) is 11.8. The van der Waals surface area contributed by atoms with Gasteiger partial charge in [-0.05, 0) is 71.6 Å². The molecule has 2 N–H and O–H groups in total. The van der Waals surface area contributed by atoms with E-state index in [1.54, 1.807) is 40.7 Å². The Balaban J connectivity index is 3.08. The van der Waals surface area contributed by atoms with Gasteiger partial charge in [-0.25, -0.2) is 0 Å². The molecule has 0 saturated carbocycles. The first kappa shape index (κ1) is 30.1. The lowest BCUT2D eigenvalue weighted by atomic mass is 9.90. The van der Waals surface area contributed by atoms with Crippen LogP contribution in [0.15, 0.2) is 18.2 Å². The monoisotopic (exact) mass is 493 g/mol. The number of nitrogens with two attached hydrogens (primary N) is 1. The molecule has 1 aromatic carbocycles. The average Bonchev–Trinajstić information content (AvgIpc) is 2.78. The summed E-state index contributed by atoms with van der Waals surface area (Å²) in [6.45, 7) is 13.5. The van der Waals surface area contributed by atoms with Crippen LogP contribution in [0.3, 0.4) is 0 Å². The number of esters is 4. The Labute approximate surface area is 207 Å². The second kappa shape index (κ2) is 12.7. The van der Waals surface area contributed by atoms with E-state index in [-0.39, 0.29) is 24.5 Å². The number of benzene rings is 1. The van der Waals surface area contributed by atoms with Crippen LogP contribution in [-0.4, -0.2) is 42.6 Å². The maximum absolute atomic E-state index is 12.7. The molecule has 1 aromatic rings. The molecule has 1 rings (SSSR count). The van der Waals surface area contributed by atoms with Crippen LogP contribution in [0, 0.1) is 10.8 Å². The molecule has 0 spiro atoms. The molecule has 35 heavy (non-hydrogen) atoms. The second-order valence-electron chi connectivity index (χ2n) is 9.90. The van der Waals surface area contributed by atoms with Gasteiger partial charge >= 0.3 is 23.9 Å². The Kier molecular flexibility index (Phi) is 10.9. The molecule has 2 atom stereocenters. The van der Waals surface area contributed by atoms with E-state index in [1.165, 1.54) is 19.1 Å². The topological polar surface area (TPSA) is 131 Å². The van der Waals surface area contributed by atoms with E-state index in [1.807, 2.05) is 13.8 Å². The predicted molar refractivity (Wildman–Crippen MR) is 130 cm³/mol. The highest BCUT2D eigenvalue weighted by molar-refractivity contribution is 5.81. The van der Waals surface area contributed by atoms with E-state index >= 15 is 0 Å². The van der Waals surface area contributed by atoms with Gasteiger partial charge in [-0.15, -0.1) is 0 Å². The molecule has 0 unspecified atom stereocenters. The minimum absolute atomic E-state index is 0.0679. The molecule has 0 aliphatic rings. The fourth-order valence-electron chi connectivity index (χ4n) is 2.57. The number of ether oxygens (including phenoxy) is 4. The van der Waals surface area contributed by atoms with Gasteiger partial charge in [-0.3, -0.25) is 19.2 Å². The smallest absolute Gasteiger partial charge is 0.323 e. The van der Waals surface area contributed by atoms with Gasteiger partial charge < -0.3 is 24.7 Å². The van der Waals surface area contributed by atoms with Crippen molar-refractivity contribution in [1.29, 1.82) is 0 Å². The van der Waals surface area contributed by atoms with E-state index in [4.69, 9.17) is 24.7 Å². The van der Waals surface area contributed by atoms with Gasteiger partial charge in [-0.2, -0.15) is 0 Å². The van der Waals surface area contributed by atoms with Gasteiger partial charge in [-0.1, -0.05) is 19.9 Å². The molecule has 0 fully saturated rings. The van der Waals surface area contributed by atoms with Crippen LogP contribution in [-0.2, 0) is 35.1 Å². The standard InChI is InChI=1S/C26H39NO8/c1-9-25(5,6)23(30)34-20-12-11-18(14-21(20)35-24(31)26(7,8)10-2)13-19(27)22(29)32-15-16(3)33-17(4)28/h11-12,14,16,19H,9-10,13,15,27H2,1-8H3/t16-,19-/m0/s1. The van der Waals surface area contributed by atoms with Crippen LogP contribution in [0.4, 0.5) is 0 Å². The zero-order chi connectivity index (χ0) is 27.0.